The van der Waals surface area contributed by atoms with Crippen LogP contribution in [-0.4, -0.2) is 20.7 Å². The summed E-state index contributed by atoms with van der Waals surface area (Å²) in [6, 6.07) is 2.53. The lowest BCUT2D eigenvalue weighted by atomic mass is 10.0. The maximum absolute atomic E-state index is 6.13. The Hall–Kier alpha value is -0.540. The van der Waals surface area contributed by atoms with E-state index in [4.69, 9.17) is 11.6 Å². The fourth-order valence-electron chi connectivity index (χ4n) is 1.36. The van der Waals surface area contributed by atoms with Gasteiger partial charge in [0.2, 0.25) is 0 Å². The van der Waals surface area contributed by atoms with Gasteiger partial charge >= 0.3 is 0 Å². The van der Waals surface area contributed by atoms with Crippen molar-refractivity contribution in [3.05, 3.63) is 18.0 Å². The van der Waals surface area contributed by atoms with E-state index in [1.54, 1.807) is 0 Å². The zero-order valence-electron chi connectivity index (χ0n) is 11.5. The number of halogens is 1. The molecule has 3 nitrogen and oxygen atoms in total. The van der Waals surface area contributed by atoms with Gasteiger partial charge in [0, 0.05) is 29.7 Å². The van der Waals surface area contributed by atoms with E-state index in [0.29, 0.717) is 6.04 Å². The third kappa shape index (κ3) is 4.00. The van der Waals surface area contributed by atoms with Crippen LogP contribution in [0.25, 0.3) is 0 Å². The lowest BCUT2D eigenvalue weighted by molar-refractivity contribution is 0.375. The molecule has 2 unspecified atom stereocenters. The van der Waals surface area contributed by atoms with Crippen molar-refractivity contribution in [2.75, 3.05) is 0 Å². The number of alkyl halides is 1. The van der Waals surface area contributed by atoms with E-state index in [0.717, 1.165) is 18.7 Å². The molecule has 1 N–H and O–H groups in total. The monoisotopic (exact) mass is 257 g/mol. The van der Waals surface area contributed by atoms with Crippen molar-refractivity contribution >= 4 is 11.6 Å². The zero-order chi connectivity index (χ0) is 13.1. The van der Waals surface area contributed by atoms with Crippen LogP contribution in [0.3, 0.4) is 0 Å². The highest BCUT2D eigenvalue weighted by atomic mass is 35.5. The minimum atomic E-state index is -0.0816. The average molecular weight is 258 g/mol. The minimum Gasteiger partial charge on any atom is -0.305 e. The molecule has 0 spiro atoms. The van der Waals surface area contributed by atoms with E-state index < -0.39 is 0 Å². The van der Waals surface area contributed by atoms with Gasteiger partial charge in [-0.25, -0.2) is 0 Å². The first-order valence-corrected chi connectivity index (χ1v) is 6.73. The Balaban J connectivity index is 2.56. The highest BCUT2D eigenvalue weighted by Gasteiger charge is 2.23. The molecule has 4 heteroatoms. The molecule has 0 fully saturated rings. The molecule has 0 amide bonds. The SMILES string of the molecule is CCC(C)n1ccc(CNC(C)(C)C(C)Cl)n1. The van der Waals surface area contributed by atoms with Gasteiger partial charge in [-0.3, -0.25) is 4.68 Å². The van der Waals surface area contributed by atoms with Crippen LogP contribution in [-0.2, 0) is 6.54 Å². The lowest BCUT2D eigenvalue weighted by Crippen LogP contribution is -2.45. The largest absolute Gasteiger partial charge is 0.305 e. The molecule has 0 aromatic carbocycles. The summed E-state index contributed by atoms with van der Waals surface area (Å²) in [7, 11) is 0. The fourth-order valence-corrected chi connectivity index (χ4v) is 1.44. The van der Waals surface area contributed by atoms with E-state index in [1.165, 1.54) is 0 Å². The summed E-state index contributed by atoms with van der Waals surface area (Å²) in [6.45, 7) is 11.3. The summed E-state index contributed by atoms with van der Waals surface area (Å²) in [5.41, 5.74) is 0.984. The Morgan fingerprint density at radius 2 is 2.12 bits per heavy atom. The van der Waals surface area contributed by atoms with Gasteiger partial charge in [0.1, 0.15) is 0 Å². The van der Waals surface area contributed by atoms with Gasteiger partial charge in [0.25, 0.3) is 0 Å². The molecule has 0 aliphatic heterocycles. The van der Waals surface area contributed by atoms with Gasteiger partial charge in [0.05, 0.1) is 5.69 Å². The molecule has 0 bridgehead atoms. The first-order chi connectivity index (χ1) is 7.86. The van der Waals surface area contributed by atoms with Crippen molar-refractivity contribution in [2.24, 2.45) is 0 Å². The van der Waals surface area contributed by atoms with Crippen LogP contribution >= 0.6 is 11.6 Å². The van der Waals surface area contributed by atoms with E-state index in [1.807, 2.05) is 17.8 Å². The molecule has 98 valence electrons. The predicted molar refractivity (Wildman–Crippen MR) is 73.5 cm³/mol. The molecular formula is C13H24ClN3. The summed E-state index contributed by atoms with van der Waals surface area (Å²) in [5.74, 6) is 0. The Morgan fingerprint density at radius 1 is 1.47 bits per heavy atom. The highest BCUT2D eigenvalue weighted by Crippen LogP contribution is 2.15. The molecule has 17 heavy (non-hydrogen) atoms. The average Bonchev–Trinajstić information content (AvgIpc) is 2.74. The Morgan fingerprint density at radius 3 is 2.65 bits per heavy atom. The molecule has 0 aliphatic rings. The summed E-state index contributed by atoms with van der Waals surface area (Å²) >= 11 is 6.13. The maximum atomic E-state index is 6.13. The number of hydrogen-bond donors (Lipinski definition) is 1. The third-order valence-electron chi connectivity index (χ3n) is 3.43. The van der Waals surface area contributed by atoms with Crippen LogP contribution in [0.4, 0.5) is 0 Å². The summed E-state index contributed by atoms with van der Waals surface area (Å²) in [6.07, 6.45) is 3.14. The molecule has 1 aromatic rings. The molecule has 0 saturated heterocycles. The van der Waals surface area contributed by atoms with E-state index in [9.17, 15) is 0 Å². The number of aromatic nitrogens is 2. The topological polar surface area (TPSA) is 29.9 Å². The van der Waals surface area contributed by atoms with E-state index >= 15 is 0 Å². The quantitative estimate of drug-likeness (QED) is 0.792. The molecule has 0 aliphatic carbocycles. The van der Waals surface area contributed by atoms with Gasteiger partial charge < -0.3 is 5.32 Å². The molecule has 0 radical (unpaired) electrons. The molecular weight excluding hydrogens is 234 g/mol. The third-order valence-corrected chi connectivity index (χ3v) is 3.97. The second-order valence-electron chi connectivity index (χ2n) is 5.24. The van der Waals surface area contributed by atoms with E-state index in [-0.39, 0.29) is 10.9 Å². The summed E-state index contributed by atoms with van der Waals surface area (Å²) < 4.78 is 2.02. The Bertz CT molecular complexity index is 344. The fraction of sp³-hybridized carbons (Fsp3) is 0.769. The smallest absolute Gasteiger partial charge is 0.0762 e. The first kappa shape index (κ1) is 14.5. The van der Waals surface area contributed by atoms with Gasteiger partial charge in [-0.2, -0.15) is 5.10 Å². The molecule has 2 atom stereocenters. The van der Waals surface area contributed by atoms with Crippen molar-refractivity contribution < 1.29 is 0 Å². The van der Waals surface area contributed by atoms with Gasteiger partial charge in [-0.15, -0.1) is 11.6 Å². The first-order valence-electron chi connectivity index (χ1n) is 6.30. The number of nitrogens with one attached hydrogen (secondary N) is 1. The van der Waals surface area contributed by atoms with Gasteiger partial charge in [0.15, 0.2) is 0 Å². The minimum absolute atomic E-state index is 0.0816. The lowest BCUT2D eigenvalue weighted by Gasteiger charge is -2.28. The number of nitrogens with zero attached hydrogens (tertiary/aromatic N) is 2. The molecule has 1 heterocycles. The van der Waals surface area contributed by atoms with Gasteiger partial charge in [-0.05, 0) is 40.2 Å². The van der Waals surface area contributed by atoms with Crippen molar-refractivity contribution in [3.8, 4) is 0 Å². The molecule has 1 aromatic heterocycles. The van der Waals surface area contributed by atoms with Gasteiger partial charge in [-0.1, -0.05) is 6.92 Å². The Kier molecular flexibility index (Phi) is 5.02. The molecule has 1 rings (SSSR count). The zero-order valence-corrected chi connectivity index (χ0v) is 12.3. The number of rotatable bonds is 6. The van der Waals surface area contributed by atoms with Crippen molar-refractivity contribution in [1.29, 1.82) is 0 Å². The van der Waals surface area contributed by atoms with Crippen molar-refractivity contribution in [1.82, 2.24) is 15.1 Å². The van der Waals surface area contributed by atoms with Crippen LogP contribution in [0, 0.1) is 0 Å². The highest BCUT2D eigenvalue weighted by molar-refractivity contribution is 6.21. The van der Waals surface area contributed by atoms with E-state index in [2.05, 4.69) is 44.2 Å². The van der Waals surface area contributed by atoms with Crippen LogP contribution in [0.2, 0.25) is 0 Å². The second-order valence-corrected chi connectivity index (χ2v) is 5.89. The summed E-state index contributed by atoms with van der Waals surface area (Å²) in [5, 5.41) is 8.07. The van der Waals surface area contributed by atoms with Crippen molar-refractivity contribution in [2.45, 2.75) is 64.5 Å². The van der Waals surface area contributed by atoms with Crippen molar-refractivity contribution in [3.63, 3.8) is 0 Å². The number of hydrogen-bond acceptors (Lipinski definition) is 2. The van der Waals surface area contributed by atoms with Crippen LogP contribution in [0.1, 0.15) is 52.8 Å². The van der Waals surface area contributed by atoms with Crippen LogP contribution in [0.15, 0.2) is 12.3 Å². The Labute approximate surface area is 110 Å². The standard InChI is InChI=1S/C13H24ClN3/c1-6-10(2)17-8-7-12(16-17)9-15-13(4,5)11(3)14/h7-8,10-11,15H,6,9H2,1-5H3. The molecule has 0 saturated carbocycles. The predicted octanol–water partition coefficient (Wildman–Crippen LogP) is 3.35. The van der Waals surface area contributed by atoms with Crippen LogP contribution < -0.4 is 5.32 Å². The second kappa shape index (κ2) is 5.87. The normalized spacial score (nSPS) is 15.9. The summed E-state index contributed by atoms with van der Waals surface area (Å²) in [4.78, 5) is 0. The van der Waals surface area contributed by atoms with Crippen LogP contribution in [0.5, 0.6) is 0 Å². The maximum Gasteiger partial charge on any atom is 0.0762 e.